The van der Waals surface area contributed by atoms with E-state index in [9.17, 15) is 4.79 Å². The standard InChI is InChI=1S/C20H32N4O/c1-5-16-10-6-7-11-17(16)14-22-19(21-2)23-15-20(12-8-9-13-20)18(25)24(3)4/h6-7,10-11H,5,8-9,12-15H2,1-4H3,(H2,21,22,23). The van der Waals surface area contributed by atoms with Crippen LogP contribution >= 0.6 is 0 Å². The summed E-state index contributed by atoms with van der Waals surface area (Å²) >= 11 is 0. The number of hydrogen-bond donors (Lipinski definition) is 2. The van der Waals surface area contributed by atoms with Crippen molar-refractivity contribution in [2.75, 3.05) is 27.7 Å². The van der Waals surface area contributed by atoms with Gasteiger partial charge in [-0.05, 0) is 30.4 Å². The molecule has 0 heterocycles. The Hall–Kier alpha value is -2.04. The van der Waals surface area contributed by atoms with Crippen LogP contribution in [-0.2, 0) is 17.8 Å². The minimum absolute atomic E-state index is 0.226. The van der Waals surface area contributed by atoms with Gasteiger partial charge in [-0.2, -0.15) is 0 Å². The predicted octanol–water partition coefficient (Wildman–Crippen LogP) is 2.56. The van der Waals surface area contributed by atoms with Gasteiger partial charge in [0, 0.05) is 34.2 Å². The first-order chi connectivity index (χ1) is 12.0. The highest BCUT2D eigenvalue weighted by atomic mass is 16.2. The second kappa shape index (κ2) is 8.88. The minimum atomic E-state index is -0.289. The van der Waals surface area contributed by atoms with E-state index in [1.54, 1.807) is 11.9 Å². The first-order valence-electron chi connectivity index (χ1n) is 9.25. The summed E-state index contributed by atoms with van der Waals surface area (Å²) in [5.74, 6) is 0.980. The van der Waals surface area contributed by atoms with Crippen LogP contribution in [0.25, 0.3) is 0 Å². The molecular weight excluding hydrogens is 312 g/mol. The number of guanidine groups is 1. The highest BCUT2D eigenvalue weighted by molar-refractivity contribution is 5.85. The van der Waals surface area contributed by atoms with Crippen LogP contribution in [0.2, 0.25) is 0 Å². The van der Waals surface area contributed by atoms with Crippen molar-refractivity contribution in [2.45, 2.75) is 45.6 Å². The fourth-order valence-corrected chi connectivity index (χ4v) is 3.72. The topological polar surface area (TPSA) is 56.7 Å². The van der Waals surface area contributed by atoms with Crippen LogP contribution in [0.4, 0.5) is 0 Å². The summed E-state index contributed by atoms with van der Waals surface area (Å²) in [6.45, 7) is 3.54. The number of nitrogens with one attached hydrogen (secondary N) is 2. The van der Waals surface area contributed by atoms with Crippen LogP contribution in [0.5, 0.6) is 0 Å². The highest BCUT2D eigenvalue weighted by Gasteiger charge is 2.42. The average Bonchev–Trinajstić information content (AvgIpc) is 3.11. The Kier molecular flexibility index (Phi) is 6.85. The zero-order valence-electron chi connectivity index (χ0n) is 16.1. The maximum absolute atomic E-state index is 12.7. The molecule has 0 aliphatic heterocycles. The molecule has 138 valence electrons. The molecule has 1 fully saturated rings. The molecule has 1 aromatic carbocycles. The van der Waals surface area contributed by atoms with Gasteiger partial charge < -0.3 is 15.5 Å². The summed E-state index contributed by atoms with van der Waals surface area (Å²) in [5, 5.41) is 6.77. The van der Waals surface area contributed by atoms with Gasteiger partial charge in [-0.25, -0.2) is 0 Å². The molecular formula is C20H32N4O. The van der Waals surface area contributed by atoms with Crippen LogP contribution in [0, 0.1) is 5.41 Å². The van der Waals surface area contributed by atoms with Crippen molar-refractivity contribution in [3.8, 4) is 0 Å². The summed E-state index contributed by atoms with van der Waals surface area (Å²) < 4.78 is 0. The van der Waals surface area contributed by atoms with Gasteiger partial charge in [0.2, 0.25) is 5.91 Å². The largest absolute Gasteiger partial charge is 0.355 e. The second-order valence-electron chi connectivity index (χ2n) is 7.09. The van der Waals surface area contributed by atoms with Gasteiger partial charge in [0.15, 0.2) is 5.96 Å². The van der Waals surface area contributed by atoms with Gasteiger partial charge in [0.1, 0.15) is 0 Å². The average molecular weight is 345 g/mol. The lowest BCUT2D eigenvalue weighted by atomic mass is 9.84. The van der Waals surface area contributed by atoms with E-state index in [0.29, 0.717) is 6.54 Å². The zero-order chi connectivity index (χ0) is 18.3. The number of hydrogen-bond acceptors (Lipinski definition) is 2. The van der Waals surface area contributed by atoms with Crippen LogP contribution in [-0.4, -0.2) is 44.5 Å². The first kappa shape index (κ1) is 19.3. The van der Waals surface area contributed by atoms with Gasteiger partial charge in [-0.15, -0.1) is 0 Å². The number of nitrogens with zero attached hydrogens (tertiary/aromatic N) is 2. The Morgan fingerprint density at radius 3 is 2.36 bits per heavy atom. The molecule has 5 heteroatoms. The summed E-state index contributed by atoms with van der Waals surface area (Å²) in [6, 6.07) is 8.45. The fourth-order valence-electron chi connectivity index (χ4n) is 3.72. The van der Waals surface area contributed by atoms with Crippen molar-refractivity contribution >= 4 is 11.9 Å². The highest BCUT2D eigenvalue weighted by Crippen LogP contribution is 2.38. The molecule has 0 atom stereocenters. The third-order valence-corrected chi connectivity index (χ3v) is 5.18. The van der Waals surface area contributed by atoms with E-state index >= 15 is 0 Å². The van der Waals surface area contributed by atoms with Crippen LogP contribution in [0.3, 0.4) is 0 Å². The Morgan fingerprint density at radius 2 is 1.80 bits per heavy atom. The number of aryl methyl sites for hydroxylation is 1. The minimum Gasteiger partial charge on any atom is -0.355 e. The molecule has 0 bridgehead atoms. The zero-order valence-corrected chi connectivity index (χ0v) is 16.1. The molecule has 0 spiro atoms. The molecule has 0 saturated heterocycles. The Bertz CT molecular complexity index is 603. The van der Waals surface area contributed by atoms with Crippen molar-refractivity contribution in [1.29, 1.82) is 0 Å². The van der Waals surface area contributed by atoms with E-state index in [1.807, 2.05) is 14.1 Å². The third kappa shape index (κ3) is 4.74. The Balaban J connectivity index is 1.96. The maximum atomic E-state index is 12.7. The van der Waals surface area contributed by atoms with E-state index in [-0.39, 0.29) is 11.3 Å². The van der Waals surface area contributed by atoms with Crippen LogP contribution in [0.1, 0.15) is 43.7 Å². The van der Waals surface area contributed by atoms with Gasteiger partial charge >= 0.3 is 0 Å². The number of benzene rings is 1. The van der Waals surface area contributed by atoms with Crippen LogP contribution in [0.15, 0.2) is 29.3 Å². The Morgan fingerprint density at radius 1 is 1.16 bits per heavy atom. The van der Waals surface area contributed by atoms with Crippen molar-refractivity contribution in [2.24, 2.45) is 10.4 Å². The molecule has 0 aromatic heterocycles. The van der Waals surface area contributed by atoms with E-state index < -0.39 is 0 Å². The lowest BCUT2D eigenvalue weighted by Crippen LogP contribution is -2.49. The molecule has 1 amide bonds. The van der Waals surface area contributed by atoms with Gasteiger partial charge in [0.25, 0.3) is 0 Å². The van der Waals surface area contributed by atoms with Crippen LogP contribution < -0.4 is 10.6 Å². The van der Waals surface area contributed by atoms with Gasteiger partial charge in [0.05, 0.1) is 5.41 Å². The monoisotopic (exact) mass is 344 g/mol. The molecule has 1 aromatic rings. The quantitative estimate of drug-likeness (QED) is 0.616. The number of amides is 1. The summed E-state index contributed by atoms with van der Waals surface area (Å²) in [4.78, 5) is 18.7. The molecule has 1 aliphatic rings. The van der Waals surface area contributed by atoms with E-state index in [0.717, 1.165) is 44.6 Å². The molecule has 0 unspecified atom stereocenters. The number of aliphatic imine (C=N–C) groups is 1. The van der Waals surface area contributed by atoms with Crippen molar-refractivity contribution in [3.05, 3.63) is 35.4 Å². The molecule has 1 aliphatic carbocycles. The number of carbonyl (C=O) groups is 1. The molecule has 0 radical (unpaired) electrons. The number of carbonyl (C=O) groups excluding carboxylic acids is 1. The normalized spacial score (nSPS) is 16.6. The van der Waals surface area contributed by atoms with Crippen molar-refractivity contribution in [1.82, 2.24) is 15.5 Å². The van der Waals surface area contributed by atoms with E-state index in [1.165, 1.54) is 11.1 Å². The van der Waals surface area contributed by atoms with E-state index in [4.69, 9.17) is 0 Å². The maximum Gasteiger partial charge on any atom is 0.230 e. The third-order valence-electron chi connectivity index (χ3n) is 5.18. The predicted molar refractivity (Wildman–Crippen MR) is 104 cm³/mol. The summed E-state index contributed by atoms with van der Waals surface area (Å²) in [6.07, 6.45) is 5.16. The van der Waals surface area contributed by atoms with Gasteiger partial charge in [-0.1, -0.05) is 44.0 Å². The van der Waals surface area contributed by atoms with Crippen molar-refractivity contribution in [3.63, 3.8) is 0 Å². The molecule has 2 rings (SSSR count). The molecule has 2 N–H and O–H groups in total. The van der Waals surface area contributed by atoms with Crippen molar-refractivity contribution < 1.29 is 4.79 Å². The smallest absolute Gasteiger partial charge is 0.230 e. The second-order valence-corrected chi connectivity index (χ2v) is 7.09. The molecule has 1 saturated carbocycles. The summed E-state index contributed by atoms with van der Waals surface area (Å²) in [5.41, 5.74) is 2.34. The van der Waals surface area contributed by atoms with Gasteiger partial charge in [-0.3, -0.25) is 9.79 Å². The summed E-state index contributed by atoms with van der Waals surface area (Å²) in [7, 11) is 5.46. The first-order valence-corrected chi connectivity index (χ1v) is 9.25. The Labute approximate surface area is 151 Å². The number of rotatable bonds is 6. The SMILES string of the molecule is CCc1ccccc1CNC(=NC)NCC1(C(=O)N(C)C)CCCC1. The molecule has 5 nitrogen and oxygen atoms in total. The molecule has 25 heavy (non-hydrogen) atoms. The lowest BCUT2D eigenvalue weighted by molar-refractivity contribution is -0.138. The fraction of sp³-hybridized carbons (Fsp3) is 0.600. The van der Waals surface area contributed by atoms with E-state index in [2.05, 4.69) is 46.8 Å². The lowest BCUT2D eigenvalue weighted by Gasteiger charge is -2.31.